The lowest BCUT2D eigenvalue weighted by molar-refractivity contribution is -0.00171. The molecule has 2 atom stereocenters. The molecule has 4 nitrogen and oxygen atoms in total. The molecule has 0 aliphatic rings. The minimum Gasteiger partial charge on any atom is -0.389 e. The normalized spacial score (nSPS) is 13.3. The third-order valence-corrected chi connectivity index (χ3v) is 3.43. The van der Waals surface area contributed by atoms with Crippen LogP contribution in [0.1, 0.15) is 28.9 Å². The maximum absolute atomic E-state index is 13.1. The van der Waals surface area contributed by atoms with Gasteiger partial charge < -0.3 is 15.2 Å². The predicted octanol–water partition coefficient (Wildman–Crippen LogP) is 2.83. The van der Waals surface area contributed by atoms with Crippen molar-refractivity contribution in [2.45, 2.75) is 19.1 Å². The maximum Gasteiger partial charge on any atom is 0.251 e. The summed E-state index contributed by atoms with van der Waals surface area (Å²) in [6.45, 7) is 1.79. The van der Waals surface area contributed by atoms with Crippen LogP contribution < -0.4 is 5.32 Å². The minimum absolute atomic E-state index is 0.0217. The highest BCUT2D eigenvalue weighted by Crippen LogP contribution is 2.15. The van der Waals surface area contributed by atoms with Gasteiger partial charge in [0, 0.05) is 18.2 Å². The highest BCUT2D eigenvalue weighted by atomic mass is 19.1. The molecule has 0 heterocycles. The van der Waals surface area contributed by atoms with Gasteiger partial charge >= 0.3 is 0 Å². The van der Waals surface area contributed by atoms with E-state index >= 15 is 0 Å². The molecular formula is C18H19F2NO3. The fraction of sp³-hybridized carbons (Fsp3) is 0.278. The number of rotatable bonds is 7. The van der Waals surface area contributed by atoms with Gasteiger partial charge in [-0.25, -0.2) is 8.78 Å². The number of benzene rings is 2. The summed E-state index contributed by atoms with van der Waals surface area (Å²) in [5, 5.41) is 12.3. The number of amides is 1. The number of ether oxygens (including phenoxy) is 1. The Bertz CT molecular complexity index is 659. The first-order chi connectivity index (χ1) is 11.5. The highest BCUT2D eigenvalue weighted by molar-refractivity contribution is 5.94. The second-order valence-electron chi connectivity index (χ2n) is 5.41. The Morgan fingerprint density at radius 3 is 2.42 bits per heavy atom. The van der Waals surface area contributed by atoms with Gasteiger partial charge in [-0.3, -0.25) is 4.79 Å². The topological polar surface area (TPSA) is 58.6 Å². The van der Waals surface area contributed by atoms with Gasteiger partial charge in [-0.1, -0.05) is 30.3 Å². The number of hydrogen-bond acceptors (Lipinski definition) is 3. The van der Waals surface area contributed by atoms with Crippen molar-refractivity contribution < 1.29 is 23.4 Å². The smallest absolute Gasteiger partial charge is 0.251 e. The van der Waals surface area contributed by atoms with Crippen molar-refractivity contribution >= 4 is 5.91 Å². The van der Waals surface area contributed by atoms with Crippen molar-refractivity contribution in [1.29, 1.82) is 0 Å². The quantitative estimate of drug-likeness (QED) is 0.818. The number of hydrogen-bond donors (Lipinski definition) is 2. The molecule has 1 amide bonds. The Kier molecular flexibility index (Phi) is 6.40. The lowest BCUT2D eigenvalue weighted by Crippen LogP contribution is -2.34. The Labute approximate surface area is 139 Å². The van der Waals surface area contributed by atoms with E-state index in [9.17, 15) is 18.7 Å². The van der Waals surface area contributed by atoms with Crippen LogP contribution in [0.5, 0.6) is 0 Å². The lowest BCUT2D eigenvalue weighted by atomic mass is 10.1. The first-order valence-electron chi connectivity index (χ1n) is 7.54. The zero-order valence-corrected chi connectivity index (χ0v) is 13.2. The first-order valence-corrected chi connectivity index (χ1v) is 7.54. The molecule has 128 valence electrons. The van der Waals surface area contributed by atoms with Crippen LogP contribution in [-0.2, 0) is 4.74 Å². The summed E-state index contributed by atoms with van der Waals surface area (Å²) < 4.78 is 31.7. The van der Waals surface area contributed by atoms with Gasteiger partial charge in [-0.05, 0) is 24.6 Å². The van der Waals surface area contributed by atoms with Crippen LogP contribution in [0.15, 0.2) is 48.5 Å². The van der Waals surface area contributed by atoms with Gasteiger partial charge in [0.25, 0.3) is 5.91 Å². The Balaban J connectivity index is 1.78. The number of aliphatic hydroxyl groups is 1. The molecule has 2 rings (SSSR count). The second-order valence-corrected chi connectivity index (χ2v) is 5.41. The molecule has 6 heteroatoms. The van der Waals surface area contributed by atoms with Crippen LogP contribution in [0.2, 0.25) is 0 Å². The van der Waals surface area contributed by atoms with Crippen LogP contribution in [0.3, 0.4) is 0 Å². The van der Waals surface area contributed by atoms with Crippen LogP contribution >= 0.6 is 0 Å². The number of carbonyl (C=O) groups excluding carboxylic acids is 1. The van der Waals surface area contributed by atoms with Crippen LogP contribution in [0.25, 0.3) is 0 Å². The van der Waals surface area contributed by atoms with Crippen molar-refractivity contribution in [2.75, 3.05) is 13.2 Å². The summed E-state index contributed by atoms with van der Waals surface area (Å²) >= 11 is 0. The Morgan fingerprint density at radius 2 is 1.79 bits per heavy atom. The summed E-state index contributed by atoms with van der Waals surface area (Å²) in [5.74, 6) is -2.33. The number of aliphatic hydroxyl groups excluding tert-OH is 1. The predicted molar refractivity (Wildman–Crippen MR) is 85.5 cm³/mol. The average Bonchev–Trinajstić information content (AvgIpc) is 2.57. The van der Waals surface area contributed by atoms with E-state index in [2.05, 4.69) is 5.32 Å². The van der Waals surface area contributed by atoms with Crippen molar-refractivity contribution in [3.8, 4) is 0 Å². The molecule has 0 aromatic heterocycles. The molecule has 0 fully saturated rings. The molecular weight excluding hydrogens is 316 g/mol. The van der Waals surface area contributed by atoms with Gasteiger partial charge in [0.2, 0.25) is 0 Å². The van der Waals surface area contributed by atoms with E-state index in [1.165, 1.54) is 0 Å². The molecule has 2 aromatic carbocycles. The summed E-state index contributed by atoms with van der Waals surface area (Å²) in [4.78, 5) is 11.8. The fourth-order valence-electron chi connectivity index (χ4n) is 2.13. The molecule has 0 aliphatic carbocycles. The molecule has 2 aromatic rings. The van der Waals surface area contributed by atoms with Crippen LogP contribution in [0.4, 0.5) is 8.78 Å². The van der Waals surface area contributed by atoms with Gasteiger partial charge in [0.05, 0.1) is 18.8 Å². The molecule has 0 unspecified atom stereocenters. The molecule has 0 spiro atoms. The van der Waals surface area contributed by atoms with E-state index in [1.54, 1.807) is 0 Å². The van der Waals surface area contributed by atoms with E-state index in [0.29, 0.717) is 6.07 Å². The van der Waals surface area contributed by atoms with Crippen molar-refractivity contribution in [2.24, 2.45) is 0 Å². The zero-order valence-electron chi connectivity index (χ0n) is 13.2. The van der Waals surface area contributed by atoms with Gasteiger partial charge in [-0.15, -0.1) is 0 Å². The van der Waals surface area contributed by atoms with E-state index in [-0.39, 0.29) is 24.8 Å². The van der Waals surface area contributed by atoms with Crippen molar-refractivity contribution in [1.82, 2.24) is 5.32 Å². The number of halogens is 2. The van der Waals surface area contributed by atoms with E-state index in [1.807, 2.05) is 37.3 Å². The zero-order chi connectivity index (χ0) is 17.5. The average molecular weight is 335 g/mol. The molecule has 24 heavy (non-hydrogen) atoms. The molecule has 0 saturated heterocycles. The second kappa shape index (κ2) is 8.52. The molecule has 2 N–H and O–H groups in total. The van der Waals surface area contributed by atoms with E-state index in [4.69, 9.17) is 4.74 Å². The summed E-state index contributed by atoms with van der Waals surface area (Å²) in [6.07, 6.45) is -1.13. The van der Waals surface area contributed by atoms with E-state index < -0.39 is 23.6 Å². The monoisotopic (exact) mass is 335 g/mol. The van der Waals surface area contributed by atoms with Gasteiger partial charge in [-0.2, -0.15) is 0 Å². The third kappa shape index (κ3) is 5.40. The fourth-order valence-corrected chi connectivity index (χ4v) is 2.13. The highest BCUT2D eigenvalue weighted by Gasteiger charge is 2.13. The standard InChI is InChI=1S/C18H19F2NO3/c1-12(13-5-3-2-4-6-13)24-11-17(22)10-21-18(23)14-7-15(19)9-16(20)8-14/h2-9,12,17,22H,10-11H2,1H3,(H,21,23)/t12-,17-/m1/s1. The minimum atomic E-state index is -0.932. The summed E-state index contributed by atoms with van der Waals surface area (Å²) in [6, 6.07) is 12.1. The van der Waals surface area contributed by atoms with E-state index in [0.717, 1.165) is 17.7 Å². The van der Waals surface area contributed by atoms with Crippen LogP contribution in [0, 0.1) is 11.6 Å². The van der Waals surface area contributed by atoms with Gasteiger partial charge in [0.15, 0.2) is 0 Å². The number of nitrogens with one attached hydrogen (secondary N) is 1. The van der Waals surface area contributed by atoms with Crippen LogP contribution in [-0.4, -0.2) is 30.3 Å². The first kappa shape index (κ1) is 18.0. The molecule has 0 bridgehead atoms. The SMILES string of the molecule is C[C@@H](OC[C@H](O)CNC(=O)c1cc(F)cc(F)c1)c1ccccc1. The lowest BCUT2D eigenvalue weighted by Gasteiger charge is -2.17. The maximum atomic E-state index is 13.1. The number of carbonyl (C=O) groups is 1. The summed E-state index contributed by atoms with van der Waals surface area (Å²) in [7, 11) is 0. The van der Waals surface area contributed by atoms with Gasteiger partial charge in [0.1, 0.15) is 11.6 Å². The van der Waals surface area contributed by atoms with Crippen molar-refractivity contribution in [3.63, 3.8) is 0 Å². The third-order valence-electron chi connectivity index (χ3n) is 3.43. The largest absolute Gasteiger partial charge is 0.389 e. The van der Waals surface area contributed by atoms with Crippen molar-refractivity contribution in [3.05, 3.63) is 71.3 Å². The molecule has 0 aliphatic heterocycles. The summed E-state index contributed by atoms with van der Waals surface area (Å²) in [5.41, 5.74) is 0.835. The Hall–Kier alpha value is -2.31. The Morgan fingerprint density at radius 1 is 1.17 bits per heavy atom. The molecule has 0 radical (unpaired) electrons. The molecule has 0 saturated carbocycles.